The molecule has 0 fully saturated rings. The third-order valence-electron chi connectivity index (χ3n) is 2.67. The predicted octanol–water partition coefficient (Wildman–Crippen LogP) is 2.85. The summed E-state index contributed by atoms with van der Waals surface area (Å²) < 4.78 is 0. The van der Waals surface area contributed by atoms with E-state index in [1.54, 1.807) is 5.57 Å². The molecule has 0 bridgehead atoms. The van der Waals surface area contributed by atoms with Crippen LogP contribution >= 0.6 is 0 Å². The van der Waals surface area contributed by atoms with Gasteiger partial charge in [0.2, 0.25) is 0 Å². The standard InChI is InChI=1S/C16H29.Li/c1-5-9-13-15(11-7-3)16(12-8-4)14-10-6-2;/h13H,5-12H2,1-4H3;/q-1;+1/b15-13+;. The van der Waals surface area contributed by atoms with Crippen LogP contribution in [0, 0.1) is 6.08 Å². The summed E-state index contributed by atoms with van der Waals surface area (Å²) in [4.78, 5) is 0. The molecule has 0 aliphatic heterocycles. The molecule has 0 radical (unpaired) electrons. The molecule has 17 heavy (non-hydrogen) atoms. The molecule has 0 aromatic carbocycles. The average Bonchev–Trinajstić information content (AvgIpc) is 2.30. The molecule has 0 aliphatic rings. The maximum atomic E-state index is 3.61. The second-order valence-electron chi connectivity index (χ2n) is 4.42. The molecule has 0 amide bonds. The van der Waals surface area contributed by atoms with Crippen LogP contribution in [-0.2, 0) is 0 Å². The molecule has 0 aromatic rings. The van der Waals surface area contributed by atoms with Crippen LogP contribution in [0.4, 0.5) is 0 Å². The molecule has 0 aliphatic carbocycles. The minimum Gasteiger partial charge on any atom is -0.272 e. The largest absolute Gasteiger partial charge is 1.00 e. The number of hydrogen-bond donors (Lipinski definition) is 0. The minimum absolute atomic E-state index is 0. The molecule has 0 rings (SSSR count). The molecule has 1 heteroatoms. The predicted molar refractivity (Wildman–Crippen MR) is 74.5 cm³/mol. The number of allylic oxidation sites excluding steroid dienone is 4. The van der Waals surface area contributed by atoms with Gasteiger partial charge in [-0.25, -0.2) is 5.57 Å². The summed E-state index contributed by atoms with van der Waals surface area (Å²) in [5, 5.41) is 0. The first-order chi connectivity index (χ1) is 7.79. The summed E-state index contributed by atoms with van der Waals surface area (Å²) >= 11 is 0. The third kappa shape index (κ3) is 9.75. The fraction of sp³-hybridized carbons (Fsp3) is 0.750. The van der Waals surface area contributed by atoms with Crippen molar-refractivity contribution in [1.29, 1.82) is 0 Å². The Hall–Kier alpha value is 0.0774. The summed E-state index contributed by atoms with van der Waals surface area (Å²) in [7, 11) is 0. The van der Waals surface area contributed by atoms with Gasteiger partial charge in [-0.1, -0.05) is 72.6 Å². The van der Waals surface area contributed by atoms with Gasteiger partial charge >= 0.3 is 18.9 Å². The van der Waals surface area contributed by atoms with Gasteiger partial charge in [-0.05, 0) is 0 Å². The molecular formula is C16H29Li. The Morgan fingerprint density at radius 1 is 0.882 bits per heavy atom. The second kappa shape index (κ2) is 14.1. The van der Waals surface area contributed by atoms with Gasteiger partial charge in [0, 0.05) is 0 Å². The molecule has 0 unspecified atom stereocenters. The van der Waals surface area contributed by atoms with Crippen molar-refractivity contribution in [3.63, 3.8) is 0 Å². The Balaban J connectivity index is 0. The summed E-state index contributed by atoms with van der Waals surface area (Å²) in [5.74, 6) is 0. The van der Waals surface area contributed by atoms with E-state index in [0.29, 0.717) is 0 Å². The fourth-order valence-corrected chi connectivity index (χ4v) is 1.85. The van der Waals surface area contributed by atoms with E-state index in [0.717, 1.165) is 6.42 Å². The maximum Gasteiger partial charge on any atom is 1.00 e. The minimum atomic E-state index is 0. The monoisotopic (exact) mass is 228 g/mol. The zero-order valence-electron chi connectivity index (χ0n) is 12.7. The molecule has 0 aromatic heterocycles. The first kappa shape index (κ1) is 19.4. The average molecular weight is 228 g/mol. The maximum absolute atomic E-state index is 3.61. The van der Waals surface area contributed by atoms with E-state index in [4.69, 9.17) is 0 Å². The van der Waals surface area contributed by atoms with Crippen molar-refractivity contribution in [2.24, 2.45) is 0 Å². The van der Waals surface area contributed by atoms with E-state index < -0.39 is 0 Å². The Bertz CT molecular complexity index is 190. The van der Waals surface area contributed by atoms with Crippen LogP contribution < -0.4 is 18.9 Å². The van der Waals surface area contributed by atoms with E-state index in [2.05, 4.69) is 39.8 Å². The Morgan fingerprint density at radius 3 is 2.00 bits per heavy atom. The van der Waals surface area contributed by atoms with Gasteiger partial charge in [-0.15, -0.1) is 6.42 Å². The van der Waals surface area contributed by atoms with Crippen molar-refractivity contribution in [3.8, 4) is 0 Å². The molecular weight excluding hydrogens is 199 g/mol. The SMILES string of the molecule is CCC[C-]=C(CCC)/C(=C/CCC)CCC.[Li+]. The quantitative estimate of drug-likeness (QED) is 0.323. The van der Waals surface area contributed by atoms with Gasteiger partial charge < -0.3 is 0 Å². The van der Waals surface area contributed by atoms with Crippen LogP contribution in [-0.4, -0.2) is 0 Å². The Kier molecular flexibility index (Phi) is 16.2. The van der Waals surface area contributed by atoms with E-state index in [1.807, 2.05) is 0 Å². The summed E-state index contributed by atoms with van der Waals surface area (Å²) in [6.07, 6.45) is 15.8. The smallest absolute Gasteiger partial charge is 0.272 e. The van der Waals surface area contributed by atoms with Crippen LogP contribution in [0.3, 0.4) is 0 Å². The number of unbranched alkanes of at least 4 members (excludes halogenated alkanes) is 2. The summed E-state index contributed by atoms with van der Waals surface area (Å²) in [5.41, 5.74) is 3.07. The van der Waals surface area contributed by atoms with Crippen molar-refractivity contribution in [2.45, 2.75) is 79.1 Å². The molecule has 0 atom stereocenters. The van der Waals surface area contributed by atoms with Crippen molar-refractivity contribution < 1.29 is 18.9 Å². The number of rotatable bonds is 9. The van der Waals surface area contributed by atoms with Crippen LogP contribution in [0.2, 0.25) is 0 Å². The molecule has 0 spiro atoms. The van der Waals surface area contributed by atoms with Gasteiger partial charge in [-0.3, -0.25) is 6.08 Å². The van der Waals surface area contributed by atoms with Crippen molar-refractivity contribution in [3.05, 3.63) is 23.3 Å². The Labute approximate surface area is 121 Å². The molecule has 0 heterocycles. The molecule has 94 valence electrons. The normalized spacial score (nSPS) is 12.5. The molecule has 0 saturated carbocycles. The van der Waals surface area contributed by atoms with E-state index in [9.17, 15) is 0 Å². The zero-order valence-corrected chi connectivity index (χ0v) is 12.7. The molecule has 0 N–H and O–H groups in total. The first-order valence-corrected chi connectivity index (χ1v) is 7.09. The van der Waals surface area contributed by atoms with Gasteiger partial charge in [0.15, 0.2) is 0 Å². The van der Waals surface area contributed by atoms with Crippen LogP contribution in [0.5, 0.6) is 0 Å². The second-order valence-corrected chi connectivity index (χ2v) is 4.42. The van der Waals surface area contributed by atoms with E-state index >= 15 is 0 Å². The summed E-state index contributed by atoms with van der Waals surface area (Å²) in [6, 6.07) is 0. The molecule has 0 nitrogen and oxygen atoms in total. The van der Waals surface area contributed by atoms with Crippen molar-refractivity contribution >= 4 is 0 Å². The third-order valence-corrected chi connectivity index (χ3v) is 2.67. The zero-order chi connectivity index (χ0) is 12.2. The first-order valence-electron chi connectivity index (χ1n) is 7.09. The van der Waals surface area contributed by atoms with Gasteiger partial charge in [0.1, 0.15) is 0 Å². The fourth-order valence-electron chi connectivity index (χ4n) is 1.85. The van der Waals surface area contributed by atoms with Crippen LogP contribution in [0.1, 0.15) is 79.1 Å². The Morgan fingerprint density at radius 2 is 1.53 bits per heavy atom. The van der Waals surface area contributed by atoms with E-state index in [1.165, 1.54) is 50.5 Å². The van der Waals surface area contributed by atoms with E-state index in [-0.39, 0.29) is 18.9 Å². The van der Waals surface area contributed by atoms with Gasteiger partial charge in [0.05, 0.1) is 0 Å². The van der Waals surface area contributed by atoms with Crippen molar-refractivity contribution in [2.75, 3.05) is 0 Å². The van der Waals surface area contributed by atoms with Gasteiger partial charge in [-0.2, -0.15) is 11.6 Å². The van der Waals surface area contributed by atoms with Crippen LogP contribution in [0.15, 0.2) is 17.2 Å². The van der Waals surface area contributed by atoms with Gasteiger partial charge in [0.25, 0.3) is 0 Å². The summed E-state index contributed by atoms with van der Waals surface area (Å²) in [6.45, 7) is 9.00. The topological polar surface area (TPSA) is 0 Å². The number of hydrogen-bond acceptors (Lipinski definition) is 0. The van der Waals surface area contributed by atoms with Crippen LogP contribution in [0.25, 0.3) is 0 Å². The van der Waals surface area contributed by atoms with Crippen molar-refractivity contribution in [1.82, 2.24) is 0 Å². The molecule has 0 saturated heterocycles.